The molecule has 1 aromatic heterocycles. The zero-order valence-corrected chi connectivity index (χ0v) is 8.87. The normalized spacial score (nSPS) is 18.9. The summed E-state index contributed by atoms with van der Waals surface area (Å²) in [5.41, 5.74) is 5.48. The van der Waals surface area contributed by atoms with Crippen molar-refractivity contribution in [3.8, 4) is 0 Å². The molecule has 0 saturated heterocycles. The minimum absolute atomic E-state index is 0.0150. The molecule has 2 heterocycles. The van der Waals surface area contributed by atoms with E-state index in [9.17, 15) is 0 Å². The number of azo groups is 1. The van der Waals surface area contributed by atoms with E-state index < -0.39 is 0 Å². The molecule has 1 aliphatic heterocycles. The molecule has 0 amide bonds. The van der Waals surface area contributed by atoms with E-state index in [0.717, 1.165) is 23.0 Å². The molecule has 6 heteroatoms. The highest BCUT2D eigenvalue weighted by Gasteiger charge is 2.21. The van der Waals surface area contributed by atoms with E-state index in [1.54, 1.807) is 11.8 Å². The Hall–Kier alpha value is -0.880. The third kappa shape index (κ3) is 1.67. The summed E-state index contributed by atoms with van der Waals surface area (Å²) in [6, 6.07) is 1.97. The van der Waals surface area contributed by atoms with Gasteiger partial charge in [-0.1, -0.05) is 6.92 Å². The van der Waals surface area contributed by atoms with Crippen LogP contribution >= 0.6 is 11.8 Å². The van der Waals surface area contributed by atoms with Gasteiger partial charge in [0.25, 0.3) is 0 Å². The molecule has 1 aromatic rings. The molecular weight excluding hydrogens is 198 g/mol. The van der Waals surface area contributed by atoms with Crippen LogP contribution in [0.4, 0.5) is 5.82 Å². The molecule has 0 spiro atoms. The zero-order valence-electron chi connectivity index (χ0n) is 8.05. The van der Waals surface area contributed by atoms with Crippen molar-refractivity contribution in [1.29, 1.82) is 0 Å². The lowest BCUT2D eigenvalue weighted by Gasteiger charge is -2.05. The quantitative estimate of drug-likeness (QED) is 0.774. The van der Waals surface area contributed by atoms with Gasteiger partial charge in [-0.3, -0.25) is 0 Å². The van der Waals surface area contributed by atoms with Crippen LogP contribution < -0.4 is 5.73 Å². The minimum Gasteiger partial charge on any atom is -0.330 e. The zero-order chi connectivity index (χ0) is 9.97. The fourth-order valence-corrected chi connectivity index (χ4v) is 2.01. The molecule has 2 rings (SSSR count). The van der Waals surface area contributed by atoms with Gasteiger partial charge < -0.3 is 5.73 Å². The molecule has 76 valence electrons. The van der Waals surface area contributed by atoms with Gasteiger partial charge >= 0.3 is 0 Å². The Labute approximate surface area is 86.8 Å². The Bertz CT molecular complexity index is 346. The van der Waals surface area contributed by atoms with Crippen LogP contribution in [0.15, 0.2) is 21.3 Å². The van der Waals surface area contributed by atoms with Crippen molar-refractivity contribution in [1.82, 2.24) is 9.78 Å². The van der Waals surface area contributed by atoms with Gasteiger partial charge in [0, 0.05) is 12.5 Å². The summed E-state index contributed by atoms with van der Waals surface area (Å²) in [5, 5.41) is 13.6. The van der Waals surface area contributed by atoms with E-state index in [4.69, 9.17) is 5.73 Å². The topological polar surface area (TPSA) is 68.6 Å². The van der Waals surface area contributed by atoms with Gasteiger partial charge in [-0.25, -0.2) is 4.68 Å². The minimum atomic E-state index is 0.0150. The average Bonchev–Trinajstić information content (AvgIpc) is 2.69. The average molecular weight is 211 g/mol. The molecule has 5 nitrogen and oxygen atoms in total. The van der Waals surface area contributed by atoms with Gasteiger partial charge in [-0.15, -0.1) is 16.9 Å². The largest absolute Gasteiger partial charge is 0.330 e. The lowest BCUT2D eigenvalue weighted by atomic mass is 10.3. The second-order valence-electron chi connectivity index (χ2n) is 2.99. The number of nitrogens with two attached hydrogens (primary N) is 1. The Morgan fingerprint density at radius 1 is 1.64 bits per heavy atom. The van der Waals surface area contributed by atoms with Crippen LogP contribution in [0.1, 0.15) is 19.5 Å². The fraction of sp³-hybridized carbons (Fsp3) is 0.625. The maximum Gasteiger partial charge on any atom is 0.175 e. The highest BCUT2D eigenvalue weighted by Crippen LogP contribution is 2.32. The summed E-state index contributed by atoms with van der Waals surface area (Å²) >= 11 is 1.71. The number of nitrogens with zero attached hydrogens (tertiary/aromatic N) is 4. The lowest BCUT2D eigenvalue weighted by Crippen LogP contribution is -2.10. The number of hydrogen-bond donors (Lipinski definition) is 1. The first kappa shape index (κ1) is 9.67. The summed E-state index contributed by atoms with van der Waals surface area (Å²) in [5.74, 6) is 1.87. The Kier molecular flexibility index (Phi) is 2.83. The van der Waals surface area contributed by atoms with E-state index in [1.165, 1.54) is 0 Å². The number of rotatable bonds is 4. The van der Waals surface area contributed by atoms with Crippen LogP contribution in [0.2, 0.25) is 0 Å². The predicted molar refractivity (Wildman–Crippen MR) is 55.8 cm³/mol. The van der Waals surface area contributed by atoms with E-state index in [0.29, 0.717) is 6.54 Å². The first-order valence-corrected chi connectivity index (χ1v) is 5.67. The molecule has 0 bridgehead atoms. The summed E-state index contributed by atoms with van der Waals surface area (Å²) in [6.07, 6.45) is 0.815. The van der Waals surface area contributed by atoms with Crippen molar-refractivity contribution in [2.45, 2.75) is 24.5 Å². The first-order valence-electron chi connectivity index (χ1n) is 4.68. The van der Waals surface area contributed by atoms with Crippen LogP contribution in [-0.4, -0.2) is 22.1 Å². The van der Waals surface area contributed by atoms with Crippen molar-refractivity contribution >= 4 is 17.6 Å². The summed E-state index contributed by atoms with van der Waals surface area (Å²) in [7, 11) is 0. The van der Waals surface area contributed by atoms with E-state index in [1.807, 2.05) is 10.7 Å². The third-order valence-electron chi connectivity index (χ3n) is 1.99. The van der Waals surface area contributed by atoms with E-state index in [2.05, 4.69) is 22.3 Å². The Morgan fingerprint density at radius 2 is 2.50 bits per heavy atom. The first-order chi connectivity index (χ1) is 6.85. The van der Waals surface area contributed by atoms with Crippen molar-refractivity contribution in [2.75, 3.05) is 12.3 Å². The standard InChI is InChI=1S/C8H13N5S/c1-2-14-8-5-7-11-10-6(3-4-9)13(7)12-8/h5-6H,2-4,9H2,1H3. The third-order valence-corrected chi connectivity index (χ3v) is 2.77. The molecule has 0 saturated carbocycles. The Morgan fingerprint density at radius 3 is 3.21 bits per heavy atom. The van der Waals surface area contributed by atoms with Crippen molar-refractivity contribution in [2.24, 2.45) is 16.0 Å². The van der Waals surface area contributed by atoms with Crippen LogP contribution in [0.25, 0.3) is 0 Å². The number of thioether (sulfide) groups is 1. The van der Waals surface area contributed by atoms with Crippen LogP contribution in [0.3, 0.4) is 0 Å². The number of fused-ring (bicyclic) bond motifs is 1. The summed E-state index contributed by atoms with van der Waals surface area (Å²) in [4.78, 5) is 0. The van der Waals surface area contributed by atoms with Gasteiger partial charge in [0.05, 0.1) is 0 Å². The van der Waals surface area contributed by atoms with E-state index >= 15 is 0 Å². The van der Waals surface area contributed by atoms with Gasteiger partial charge in [0.2, 0.25) is 0 Å². The molecule has 1 aliphatic rings. The van der Waals surface area contributed by atoms with E-state index in [-0.39, 0.29) is 6.17 Å². The molecule has 14 heavy (non-hydrogen) atoms. The molecule has 1 unspecified atom stereocenters. The smallest absolute Gasteiger partial charge is 0.175 e. The molecule has 0 fully saturated rings. The summed E-state index contributed by atoms with van der Waals surface area (Å²) in [6.45, 7) is 2.72. The maximum absolute atomic E-state index is 5.48. The molecule has 0 aromatic carbocycles. The van der Waals surface area contributed by atoms with Gasteiger partial charge in [-0.05, 0) is 12.3 Å². The molecular formula is C8H13N5S. The molecule has 2 N–H and O–H groups in total. The Balaban J connectivity index is 2.17. The van der Waals surface area contributed by atoms with Crippen molar-refractivity contribution < 1.29 is 0 Å². The van der Waals surface area contributed by atoms with Crippen LogP contribution in [0, 0.1) is 0 Å². The van der Waals surface area contributed by atoms with Crippen molar-refractivity contribution in [3.05, 3.63) is 6.07 Å². The maximum atomic E-state index is 5.48. The highest BCUT2D eigenvalue weighted by atomic mass is 32.2. The fourth-order valence-electron chi connectivity index (χ4n) is 1.38. The van der Waals surface area contributed by atoms with Crippen LogP contribution in [0.5, 0.6) is 0 Å². The molecule has 0 radical (unpaired) electrons. The predicted octanol–water partition coefficient (Wildman–Crippen LogP) is 1.94. The monoisotopic (exact) mass is 211 g/mol. The highest BCUT2D eigenvalue weighted by molar-refractivity contribution is 7.99. The SMILES string of the molecule is CCSc1cc2n(n1)C(CCN)N=N2. The van der Waals surface area contributed by atoms with Gasteiger partial charge in [-0.2, -0.15) is 10.2 Å². The molecule has 0 aliphatic carbocycles. The number of aromatic nitrogens is 2. The summed E-state index contributed by atoms with van der Waals surface area (Å²) < 4.78 is 1.85. The number of hydrogen-bond acceptors (Lipinski definition) is 5. The molecule has 1 atom stereocenters. The van der Waals surface area contributed by atoms with Crippen molar-refractivity contribution in [3.63, 3.8) is 0 Å². The van der Waals surface area contributed by atoms with Gasteiger partial charge in [0.1, 0.15) is 5.03 Å². The lowest BCUT2D eigenvalue weighted by molar-refractivity contribution is 0.460. The van der Waals surface area contributed by atoms with Gasteiger partial charge in [0.15, 0.2) is 12.0 Å². The second-order valence-corrected chi connectivity index (χ2v) is 4.28. The second kappa shape index (κ2) is 4.10. The van der Waals surface area contributed by atoms with Crippen LogP contribution in [-0.2, 0) is 0 Å².